The van der Waals surface area contributed by atoms with Crippen LogP contribution in [0.15, 0.2) is 97.1 Å². The quantitative estimate of drug-likeness (QED) is 0.0513. The standard InChI is InChI=1S/C42H49N3O7/c1-9-35(52-36-25-24-29(40(4,5)10-2)27-33(36)41(6,7)11-3)38(47)43-31-21-17-18-28(26-31)37(46)42(51-8,32-22-15-16-23-34(32)45(49)50)39(48)44-30-19-13-12-14-20-30/h12-27,35H,9-11H2,1-8H3,(H,43,47)(H,44,48). The van der Waals surface area contributed by atoms with Crippen molar-refractivity contribution >= 4 is 34.7 Å². The number of hydrogen-bond acceptors (Lipinski definition) is 7. The zero-order valence-corrected chi connectivity index (χ0v) is 31.2. The highest BCUT2D eigenvalue weighted by Crippen LogP contribution is 2.40. The molecule has 4 aromatic carbocycles. The number of methoxy groups -OCH3 is 1. The van der Waals surface area contributed by atoms with Gasteiger partial charge in [-0.15, -0.1) is 0 Å². The average molecular weight is 708 g/mol. The summed E-state index contributed by atoms with van der Waals surface area (Å²) in [4.78, 5) is 53.8. The number of rotatable bonds is 16. The molecule has 0 heterocycles. The van der Waals surface area contributed by atoms with Crippen LogP contribution in [0, 0.1) is 10.1 Å². The number of amides is 2. The Labute approximate surface area is 306 Å². The van der Waals surface area contributed by atoms with Gasteiger partial charge in [0.25, 0.3) is 17.5 Å². The molecule has 274 valence electrons. The minimum absolute atomic E-state index is 0.0175. The number of carbonyl (C=O) groups excluding carboxylic acids is 3. The van der Waals surface area contributed by atoms with Gasteiger partial charge < -0.3 is 20.1 Å². The van der Waals surface area contributed by atoms with Gasteiger partial charge in [0.15, 0.2) is 6.10 Å². The van der Waals surface area contributed by atoms with Crippen LogP contribution in [-0.4, -0.2) is 35.7 Å². The normalized spacial score (nSPS) is 13.4. The maximum Gasteiger partial charge on any atom is 0.276 e. The number of ketones is 1. The van der Waals surface area contributed by atoms with Crippen LogP contribution >= 0.6 is 0 Å². The lowest BCUT2D eigenvalue weighted by molar-refractivity contribution is -0.386. The first-order valence-corrected chi connectivity index (χ1v) is 17.6. The van der Waals surface area contributed by atoms with Crippen molar-refractivity contribution in [1.29, 1.82) is 0 Å². The van der Waals surface area contributed by atoms with E-state index in [2.05, 4.69) is 64.3 Å². The van der Waals surface area contributed by atoms with Gasteiger partial charge in [0, 0.05) is 35.7 Å². The number of nitro benzene ring substituents is 1. The summed E-state index contributed by atoms with van der Waals surface area (Å²) in [6, 6.07) is 26.1. The second kappa shape index (κ2) is 16.3. The number of anilines is 2. The fourth-order valence-corrected chi connectivity index (χ4v) is 5.93. The molecule has 2 N–H and O–H groups in total. The molecule has 0 saturated carbocycles. The summed E-state index contributed by atoms with van der Waals surface area (Å²) in [7, 11) is 1.15. The van der Waals surface area contributed by atoms with Gasteiger partial charge in [-0.05, 0) is 72.1 Å². The number of carbonyl (C=O) groups is 3. The molecule has 0 spiro atoms. The Hall–Kier alpha value is -5.35. The molecular weight excluding hydrogens is 658 g/mol. The molecule has 0 saturated heterocycles. The molecule has 10 heteroatoms. The van der Waals surface area contributed by atoms with Crippen LogP contribution in [0.25, 0.3) is 0 Å². The molecule has 4 aromatic rings. The molecule has 0 radical (unpaired) electrons. The van der Waals surface area contributed by atoms with E-state index >= 15 is 0 Å². The number of benzene rings is 4. The largest absolute Gasteiger partial charge is 0.480 e. The average Bonchev–Trinajstić information content (AvgIpc) is 3.14. The van der Waals surface area contributed by atoms with Gasteiger partial charge in [0.1, 0.15) is 5.75 Å². The Kier molecular flexibility index (Phi) is 12.4. The zero-order valence-electron chi connectivity index (χ0n) is 31.2. The number of Topliss-reactive ketones (excluding diaryl/α,β-unsaturated/α-hetero) is 1. The smallest absolute Gasteiger partial charge is 0.276 e. The van der Waals surface area contributed by atoms with Crippen LogP contribution in [-0.2, 0) is 30.8 Å². The summed E-state index contributed by atoms with van der Waals surface area (Å²) in [5, 5.41) is 17.7. The van der Waals surface area contributed by atoms with E-state index < -0.39 is 39.9 Å². The molecule has 0 aliphatic carbocycles. The van der Waals surface area contributed by atoms with E-state index in [1.54, 1.807) is 42.5 Å². The summed E-state index contributed by atoms with van der Waals surface area (Å²) < 4.78 is 12.2. The van der Waals surface area contributed by atoms with Crippen molar-refractivity contribution in [3.05, 3.63) is 129 Å². The second-order valence-corrected chi connectivity index (χ2v) is 14.1. The van der Waals surface area contributed by atoms with Crippen molar-refractivity contribution in [1.82, 2.24) is 0 Å². The predicted octanol–water partition coefficient (Wildman–Crippen LogP) is 9.13. The molecule has 2 atom stereocenters. The van der Waals surface area contributed by atoms with E-state index in [0.717, 1.165) is 25.5 Å². The molecule has 4 rings (SSSR count). The fraction of sp³-hybridized carbons (Fsp3) is 0.357. The van der Waals surface area contributed by atoms with E-state index in [-0.39, 0.29) is 27.6 Å². The molecule has 0 bridgehead atoms. The number of nitro groups is 1. The van der Waals surface area contributed by atoms with Crippen LogP contribution in [0.1, 0.15) is 94.8 Å². The fourth-order valence-electron chi connectivity index (χ4n) is 5.93. The summed E-state index contributed by atoms with van der Waals surface area (Å²) in [6.07, 6.45) is 1.33. The number of ether oxygens (including phenoxy) is 2. The molecule has 0 aliphatic heterocycles. The third-order valence-corrected chi connectivity index (χ3v) is 10.0. The van der Waals surface area contributed by atoms with Gasteiger partial charge in [-0.3, -0.25) is 24.5 Å². The van der Waals surface area contributed by atoms with Crippen molar-refractivity contribution in [2.45, 2.75) is 90.3 Å². The predicted molar refractivity (Wildman–Crippen MR) is 204 cm³/mol. The third-order valence-electron chi connectivity index (χ3n) is 10.0. The van der Waals surface area contributed by atoms with Gasteiger partial charge in [0.05, 0.1) is 10.5 Å². The molecule has 10 nitrogen and oxygen atoms in total. The van der Waals surface area contributed by atoms with Crippen LogP contribution in [0.3, 0.4) is 0 Å². The minimum atomic E-state index is -2.46. The number of nitrogens with zero attached hydrogens (tertiary/aromatic N) is 1. The number of nitrogens with one attached hydrogen (secondary N) is 2. The van der Waals surface area contributed by atoms with Crippen LogP contribution in [0.2, 0.25) is 0 Å². The Morgan fingerprint density at radius 1 is 0.750 bits per heavy atom. The van der Waals surface area contributed by atoms with Crippen molar-refractivity contribution < 1.29 is 28.8 Å². The molecular formula is C42H49N3O7. The SMILES string of the molecule is CCC(Oc1ccc(C(C)(C)CC)cc1C(C)(C)CC)C(=O)Nc1cccc(C(=O)C(OC)(C(=O)Nc2ccccc2)c2ccccc2[N+](=O)[O-])c1. The Morgan fingerprint density at radius 3 is 2.00 bits per heavy atom. The van der Waals surface area contributed by atoms with Crippen molar-refractivity contribution in [3.63, 3.8) is 0 Å². The zero-order chi connectivity index (χ0) is 38.3. The van der Waals surface area contributed by atoms with Crippen LogP contribution in [0.5, 0.6) is 5.75 Å². The van der Waals surface area contributed by atoms with Gasteiger partial charge in [-0.1, -0.05) is 103 Å². The maximum atomic E-state index is 14.5. The summed E-state index contributed by atoms with van der Waals surface area (Å²) in [5.41, 5.74) is -0.587. The second-order valence-electron chi connectivity index (χ2n) is 14.1. The van der Waals surface area contributed by atoms with Crippen molar-refractivity contribution in [2.24, 2.45) is 0 Å². The summed E-state index contributed by atoms with van der Waals surface area (Å²) >= 11 is 0. The topological polar surface area (TPSA) is 137 Å². The number of para-hydroxylation sites is 2. The highest BCUT2D eigenvalue weighted by molar-refractivity contribution is 6.21. The highest BCUT2D eigenvalue weighted by Gasteiger charge is 2.52. The van der Waals surface area contributed by atoms with Crippen molar-refractivity contribution in [2.75, 3.05) is 17.7 Å². The lowest BCUT2D eigenvalue weighted by Crippen LogP contribution is -2.49. The molecule has 0 fully saturated rings. The first-order valence-electron chi connectivity index (χ1n) is 17.6. The van der Waals surface area contributed by atoms with E-state index in [0.29, 0.717) is 17.9 Å². The van der Waals surface area contributed by atoms with Gasteiger partial charge in [-0.25, -0.2) is 0 Å². The Morgan fingerprint density at radius 2 is 1.38 bits per heavy atom. The molecule has 2 unspecified atom stereocenters. The number of hydrogen-bond donors (Lipinski definition) is 2. The maximum absolute atomic E-state index is 14.5. The molecule has 2 amide bonds. The van der Waals surface area contributed by atoms with E-state index in [1.807, 2.05) is 13.0 Å². The Bertz CT molecular complexity index is 1920. The lowest BCUT2D eigenvalue weighted by atomic mass is 9.76. The van der Waals surface area contributed by atoms with Gasteiger partial charge >= 0.3 is 0 Å². The lowest BCUT2D eigenvalue weighted by Gasteiger charge is -2.31. The van der Waals surface area contributed by atoms with Gasteiger partial charge in [-0.2, -0.15) is 0 Å². The van der Waals surface area contributed by atoms with Gasteiger partial charge in [0.2, 0.25) is 11.4 Å². The minimum Gasteiger partial charge on any atom is -0.480 e. The monoisotopic (exact) mass is 707 g/mol. The van der Waals surface area contributed by atoms with Crippen LogP contribution < -0.4 is 15.4 Å². The molecule has 0 aliphatic rings. The molecule has 0 aromatic heterocycles. The van der Waals surface area contributed by atoms with E-state index in [1.165, 1.54) is 42.0 Å². The van der Waals surface area contributed by atoms with Crippen molar-refractivity contribution in [3.8, 4) is 5.75 Å². The summed E-state index contributed by atoms with van der Waals surface area (Å²) in [6.45, 7) is 14.9. The highest BCUT2D eigenvalue weighted by atomic mass is 16.6. The first-order chi connectivity index (χ1) is 24.6. The van der Waals surface area contributed by atoms with Crippen LogP contribution in [0.4, 0.5) is 17.1 Å². The third kappa shape index (κ3) is 8.23. The Balaban J connectivity index is 1.69. The summed E-state index contributed by atoms with van der Waals surface area (Å²) in [5.74, 6) is -1.58. The van der Waals surface area contributed by atoms with E-state index in [9.17, 15) is 24.5 Å². The molecule has 52 heavy (non-hydrogen) atoms. The van der Waals surface area contributed by atoms with E-state index in [4.69, 9.17) is 9.47 Å². The first kappa shape index (κ1) is 39.4.